The van der Waals surface area contributed by atoms with Crippen molar-refractivity contribution in [3.63, 3.8) is 0 Å². The van der Waals surface area contributed by atoms with Crippen LogP contribution in [0.4, 0.5) is 4.39 Å². The third-order valence-electron chi connectivity index (χ3n) is 2.89. The van der Waals surface area contributed by atoms with E-state index in [1.165, 1.54) is 30.5 Å². The molecular weight excluding hydrogens is 261 g/mol. The minimum absolute atomic E-state index is 0.111. The summed E-state index contributed by atoms with van der Waals surface area (Å²) >= 11 is 0. The van der Waals surface area contributed by atoms with E-state index >= 15 is 0 Å². The van der Waals surface area contributed by atoms with Crippen molar-refractivity contribution in [1.29, 1.82) is 0 Å². The van der Waals surface area contributed by atoms with Gasteiger partial charge in [0.05, 0.1) is 0 Å². The number of pyridine rings is 1. The van der Waals surface area contributed by atoms with Crippen LogP contribution in [0.3, 0.4) is 0 Å². The number of amides is 1. The van der Waals surface area contributed by atoms with Crippen LogP contribution in [0.1, 0.15) is 10.4 Å². The van der Waals surface area contributed by atoms with Crippen molar-refractivity contribution in [2.45, 2.75) is 0 Å². The molecule has 0 fully saturated rings. The van der Waals surface area contributed by atoms with Gasteiger partial charge in [-0.25, -0.2) is 4.39 Å². The Kier molecular flexibility index (Phi) is 3.56. The molecule has 0 spiro atoms. The van der Waals surface area contributed by atoms with Gasteiger partial charge >= 0.3 is 0 Å². The molecule has 2 rings (SSSR count). The highest BCUT2D eigenvalue weighted by molar-refractivity contribution is 5.93. The fourth-order valence-electron chi connectivity index (χ4n) is 1.81. The average molecular weight is 275 g/mol. The number of carbonyl (C=O) groups excluding carboxylic acids is 1. The summed E-state index contributed by atoms with van der Waals surface area (Å²) in [4.78, 5) is 23.6. The lowest BCUT2D eigenvalue weighted by Crippen LogP contribution is -2.31. The number of carbonyl (C=O) groups is 1. The summed E-state index contributed by atoms with van der Waals surface area (Å²) < 4.78 is 14.5. The molecule has 5 nitrogen and oxygen atoms in total. The summed E-state index contributed by atoms with van der Waals surface area (Å²) in [5.41, 5.74) is 5.45. The van der Waals surface area contributed by atoms with E-state index in [0.717, 1.165) is 0 Å². The van der Waals surface area contributed by atoms with E-state index in [1.807, 2.05) is 0 Å². The average Bonchev–Trinajstić information content (AvgIpc) is 2.39. The van der Waals surface area contributed by atoms with Crippen molar-refractivity contribution in [2.24, 2.45) is 5.73 Å². The Labute approximate surface area is 115 Å². The first-order valence-corrected chi connectivity index (χ1v) is 5.90. The number of rotatable bonds is 3. The summed E-state index contributed by atoms with van der Waals surface area (Å²) in [5, 5.41) is 1.68. The second kappa shape index (κ2) is 5.16. The molecule has 0 radical (unpaired) electrons. The molecule has 104 valence electrons. The summed E-state index contributed by atoms with van der Waals surface area (Å²) in [6, 6.07) is 5.48. The number of hydrogen-bond donors (Lipinski definition) is 1. The number of aromatic nitrogens is 1. The molecule has 0 saturated heterocycles. The lowest BCUT2D eigenvalue weighted by Gasteiger charge is -2.18. The molecule has 0 bridgehead atoms. The second-order valence-electron chi connectivity index (χ2n) is 4.51. The molecule has 0 aliphatic rings. The van der Waals surface area contributed by atoms with Crippen LogP contribution in [0.5, 0.6) is 0 Å². The molecule has 0 aliphatic carbocycles. The third-order valence-corrected chi connectivity index (χ3v) is 2.89. The van der Waals surface area contributed by atoms with Crippen molar-refractivity contribution in [3.8, 4) is 11.1 Å². The Morgan fingerprint density at radius 2 is 1.80 bits per heavy atom. The maximum absolute atomic E-state index is 13.0. The van der Waals surface area contributed by atoms with E-state index in [9.17, 15) is 14.0 Å². The van der Waals surface area contributed by atoms with Crippen LogP contribution in [-0.2, 0) is 0 Å². The molecule has 20 heavy (non-hydrogen) atoms. The standard InChI is InChI=1S/C14H14FN3O2/c1-17(2)18-7-11(9-3-5-10(15)6-4-9)13(19)12(8-18)14(16)20/h3-8H,1-2H3,(H2,16,20). The molecule has 2 aromatic rings. The molecule has 0 saturated carbocycles. The molecule has 0 atom stereocenters. The van der Waals surface area contributed by atoms with Gasteiger partial charge in [0.1, 0.15) is 11.4 Å². The lowest BCUT2D eigenvalue weighted by molar-refractivity contribution is 0.0998. The van der Waals surface area contributed by atoms with Gasteiger partial charge in [0, 0.05) is 32.1 Å². The predicted molar refractivity (Wildman–Crippen MR) is 74.7 cm³/mol. The van der Waals surface area contributed by atoms with Gasteiger partial charge in [-0.3, -0.25) is 14.3 Å². The number of nitrogens with zero attached hydrogens (tertiary/aromatic N) is 2. The van der Waals surface area contributed by atoms with Crippen molar-refractivity contribution in [3.05, 3.63) is 58.3 Å². The molecular formula is C14H14FN3O2. The van der Waals surface area contributed by atoms with Crippen molar-refractivity contribution >= 4 is 5.91 Å². The third kappa shape index (κ3) is 2.54. The molecule has 0 unspecified atom stereocenters. The summed E-state index contributed by atoms with van der Waals surface area (Å²) in [5.74, 6) is -1.19. The highest BCUT2D eigenvalue weighted by atomic mass is 19.1. The van der Waals surface area contributed by atoms with E-state index in [1.54, 1.807) is 30.0 Å². The van der Waals surface area contributed by atoms with Gasteiger partial charge in [-0.1, -0.05) is 12.1 Å². The number of primary amides is 1. The second-order valence-corrected chi connectivity index (χ2v) is 4.51. The number of hydrogen-bond acceptors (Lipinski definition) is 3. The fourth-order valence-corrected chi connectivity index (χ4v) is 1.81. The van der Waals surface area contributed by atoms with Crippen LogP contribution in [0, 0.1) is 5.82 Å². The molecule has 2 N–H and O–H groups in total. The van der Waals surface area contributed by atoms with Crippen molar-refractivity contribution < 1.29 is 9.18 Å². The largest absolute Gasteiger partial charge is 0.365 e. The quantitative estimate of drug-likeness (QED) is 0.906. The minimum Gasteiger partial charge on any atom is -0.365 e. The molecule has 6 heteroatoms. The SMILES string of the molecule is CN(C)n1cc(C(N)=O)c(=O)c(-c2ccc(F)cc2)c1. The fraction of sp³-hybridized carbons (Fsp3) is 0.143. The molecule has 1 aromatic heterocycles. The first kappa shape index (κ1) is 13.8. The summed E-state index contributed by atoms with van der Waals surface area (Å²) in [6.45, 7) is 0. The van der Waals surface area contributed by atoms with Crippen LogP contribution in [-0.4, -0.2) is 24.7 Å². The Morgan fingerprint density at radius 1 is 1.20 bits per heavy atom. The highest BCUT2D eigenvalue weighted by Gasteiger charge is 2.14. The summed E-state index contributed by atoms with van der Waals surface area (Å²) in [6.07, 6.45) is 2.94. The van der Waals surface area contributed by atoms with Gasteiger partial charge in [-0.15, -0.1) is 0 Å². The van der Waals surface area contributed by atoms with Gasteiger partial charge in [-0.2, -0.15) is 0 Å². The topological polar surface area (TPSA) is 68.3 Å². The maximum atomic E-state index is 13.0. The van der Waals surface area contributed by atoms with Gasteiger partial charge in [-0.05, 0) is 17.7 Å². The molecule has 0 aliphatic heterocycles. The molecule has 1 aromatic carbocycles. The minimum atomic E-state index is -0.797. The van der Waals surface area contributed by atoms with Crippen LogP contribution >= 0.6 is 0 Å². The Balaban J connectivity index is 2.71. The van der Waals surface area contributed by atoms with E-state index in [-0.39, 0.29) is 11.1 Å². The first-order chi connectivity index (χ1) is 9.40. The number of halogens is 1. The zero-order chi connectivity index (χ0) is 14.9. The van der Waals surface area contributed by atoms with Gasteiger partial charge in [0.25, 0.3) is 5.91 Å². The predicted octanol–water partition coefficient (Wildman–Crippen LogP) is 0.951. The molecule has 1 amide bonds. The van der Waals surface area contributed by atoms with Crippen molar-refractivity contribution in [2.75, 3.05) is 19.1 Å². The normalized spacial score (nSPS) is 10.3. The zero-order valence-corrected chi connectivity index (χ0v) is 11.1. The lowest BCUT2D eigenvalue weighted by atomic mass is 10.1. The van der Waals surface area contributed by atoms with Crippen LogP contribution < -0.4 is 16.2 Å². The van der Waals surface area contributed by atoms with Crippen LogP contribution in [0.2, 0.25) is 0 Å². The van der Waals surface area contributed by atoms with Gasteiger partial charge in [0.15, 0.2) is 0 Å². The van der Waals surface area contributed by atoms with Crippen LogP contribution in [0.15, 0.2) is 41.5 Å². The Hall–Kier alpha value is -2.63. The first-order valence-electron chi connectivity index (χ1n) is 5.90. The molecule has 1 heterocycles. The number of benzene rings is 1. The van der Waals surface area contributed by atoms with E-state index in [0.29, 0.717) is 5.56 Å². The van der Waals surface area contributed by atoms with Crippen molar-refractivity contribution in [1.82, 2.24) is 4.68 Å². The van der Waals surface area contributed by atoms with E-state index in [2.05, 4.69) is 0 Å². The summed E-state index contributed by atoms with van der Waals surface area (Å²) in [7, 11) is 3.51. The van der Waals surface area contributed by atoms with E-state index in [4.69, 9.17) is 5.73 Å². The number of nitrogens with two attached hydrogens (primary N) is 1. The zero-order valence-electron chi connectivity index (χ0n) is 11.1. The van der Waals surface area contributed by atoms with Gasteiger partial charge < -0.3 is 10.7 Å². The Morgan fingerprint density at radius 3 is 2.30 bits per heavy atom. The smallest absolute Gasteiger partial charge is 0.254 e. The maximum Gasteiger partial charge on any atom is 0.254 e. The van der Waals surface area contributed by atoms with Crippen LogP contribution in [0.25, 0.3) is 11.1 Å². The monoisotopic (exact) mass is 275 g/mol. The van der Waals surface area contributed by atoms with E-state index < -0.39 is 17.2 Å². The highest BCUT2D eigenvalue weighted by Crippen LogP contribution is 2.16. The Bertz CT molecular complexity index is 705. The van der Waals surface area contributed by atoms with Gasteiger partial charge in [0.2, 0.25) is 5.43 Å².